The van der Waals surface area contributed by atoms with Crippen molar-refractivity contribution < 1.29 is 14.6 Å². The van der Waals surface area contributed by atoms with Crippen molar-refractivity contribution >= 4 is 41.1 Å². The summed E-state index contributed by atoms with van der Waals surface area (Å²) in [4.78, 5) is 32.5. The van der Waals surface area contributed by atoms with Gasteiger partial charge in [-0.2, -0.15) is 0 Å². The van der Waals surface area contributed by atoms with E-state index in [9.17, 15) is 14.7 Å². The Morgan fingerprint density at radius 3 is 2.21 bits per heavy atom. The van der Waals surface area contributed by atoms with Crippen LogP contribution in [0.3, 0.4) is 0 Å². The Balaban J connectivity index is 1.80. The average molecular weight is 672 g/mol. The van der Waals surface area contributed by atoms with Gasteiger partial charge in [-0.3, -0.25) is 9.36 Å². The van der Waals surface area contributed by atoms with Gasteiger partial charge in [-0.05, 0) is 93.3 Å². The number of aromatic hydroxyl groups is 1. The Morgan fingerprint density at radius 1 is 0.958 bits per heavy atom. The zero-order valence-corrected chi connectivity index (χ0v) is 30.0. The van der Waals surface area contributed by atoms with Gasteiger partial charge in [0.1, 0.15) is 0 Å². The van der Waals surface area contributed by atoms with Crippen LogP contribution in [0.15, 0.2) is 46.9 Å². The number of ether oxygens (including phenoxy) is 1. The number of carbonyl (C=O) groups is 1. The van der Waals surface area contributed by atoms with Crippen LogP contribution in [-0.2, 0) is 4.74 Å². The third-order valence-corrected chi connectivity index (χ3v) is 9.05. The van der Waals surface area contributed by atoms with Crippen molar-refractivity contribution in [3.8, 4) is 11.6 Å². The van der Waals surface area contributed by atoms with E-state index in [4.69, 9.17) is 22.9 Å². The molecule has 48 heavy (non-hydrogen) atoms. The number of halogens is 1. The lowest BCUT2D eigenvalue weighted by Gasteiger charge is -2.21. The summed E-state index contributed by atoms with van der Waals surface area (Å²) in [6, 6.07) is 10.6. The molecule has 0 saturated heterocycles. The third-order valence-electron chi connectivity index (χ3n) is 8.73. The maximum absolute atomic E-state index is 13.8. The Kier molecular flexibility index (Phi) is 15.6. The zero-order chi connectivity index (χ0) is 35.1. The quantitative estimate of drug-likeness (QED) is 0.0630. The Bertz CT molecular complexity index is 1710. The van der Waals surface area contributed by atoms with E-state index in [1.54, 1.807) is 13.0 Å². The molecular weight excluding hydrogens is 622 g/mol. The highest BCUT2D eigenvalue weighted by atomic mass is 35.5. The largest absolute Gasteiger partial charge is 0.502 e. The molecule has 3 aromatic rings. The number of aryl methyl sites for hydroxylation is 1. The molecule has 7 nitrogen and oxygen atoms in total. The molecule has 1 heterocycles. The van der Waals surface area contributed by atoms with E-state index in [1.807, 2.05) is 13.0 Å². The number of rotatable bonds is 18. The molecule has 0 unspecified atom stereocenters. The summed E-state index contributed by atoms with van der Waals surface area (Å²) >= 11 is 6.51. The molecule has 0 spiro atoms. The van der Waals surface area contributed by atoms with Gasteiger partial charge in [0.25, 0.3) is 5.56 Å². The standard InChI is InChI=1S/C40H50ClN3O4/c1-7-10-11-12-13-14-15-16-17-18-26-48-40(47)32-23-25-35(41)36(28-32)44-38(45)34(30(5)37(42-6)39(44)46)21-19-20-31-22-24-33(27-29(31)4)43(8-2)9-3/h20-25,27-28,46H,7-18,26H2,1-5H3. The molecule has 0 amide bonds. The van der Waals surface area contributed by atoms with Crippen molar-refractivity contribution in [2.24, 2.45) is 0 Å². The summed E-state index contributed by atoms with van der Waals surface area (Å²) in [5, 5.41) is 11.2. The molecule has 3 rings (SSSR count). The first-order valence-corrected chi connectivity index (χ1v) is 17.7. The minimum atomic E-state index is -0.593. The Labute approximate surface area is 291 Å². The van der Waals surface area contributed by atoms with Gasteiger partial charge in [-0.15, -0.1) is 5.73 Å². The van der Waals surface area contributed by atoms with Crippen LogP contribution in [0, 0.1) is 20.4 Å². The molecule has 0 aliphatic heterocycles. The van der Waals surface area contributed by atoms with Crippen LogP contribution in [0.2, 0.25) is 5.02 Å². The summed E-state index contributed by atoms with van der Waals surface area (Å²) in [5.41, 5.74) is 6.33. The number of hydrogen-bond acceptors (Lipinski definition) is 5. The number of carbonyl (C=O) groups excluding carboxylic acids is 1. The Hall–Kier alpha value is -4.24. The third kappa shape index (κ3) is 10.1. The fraction of sp³-hybridized carbons (Fsp3) is 0.450. The molecule has 1 N–H and O–H groups in total. The van der Waals surface area contributed by atoms with Gasteiger partial charge in [0.15, 0.2) is 0 Å². The molecule has 0 aliphatic carbocycles. The molecule has 0 saturated carbocycles. The minimum absolute atomic E-state index is 0.0823. The molecular formula is C40H50ClN3O4. The molecule has 8 heteroatoms. The second-order valence-electron chi connectivity index (χ2n) is 12.1. The van der Waals surface area contributed by atoms with Gasteiger partial charge in [0.05, 0.1) is 29.5 Å². The number of aromatic nitrogens is 1. The van der Waals surface area contributed by atoms with Crippen LogP contribution >= 0.6 is 11.6 Å². The van der Waals surface area contributed by atoms with Crippen LogP contribution in [0.5, 0.6) is 5.88 Å². The van der Waals surface area contributed by atoms with Crippen molar-refractivity contribution in [2.45, 2.75) is 98.8 Å². The van der Waals surface area contributed by atoms with Gasteiger partial charge in [0.2, 0.25) is 11.6 Å². The number of nitrogens with zero attached hydrogens (tertiary/aromatic N) is 3. The second-order valence-corrected chi connectivity index (χ2v) is 12.5. The molecule has 1 aromatic heterocycles. The van der Waals surface area contributed by atoms with Gasteiger partial charge < -0.3 is 14.7 Å². The molecule has 2 aromatic carbocycles. The van der Waals surface area contributed by atoms with Gasteiger partial charge in [0, 0.05) is 24.3 Å². The second kappa shape index (κ2) is 19.5. The van der Waals surface area contributed by atoms with E-state index in [2.05, 4.69) is 48.4 Å². The lowest BCUT2D eigenvalue weighted by atomic mass is 10.1. The predicted octanol–water partition coefficient (Wildman–Crippen LogP) is 10.6. The summed E-state index contributed by atoms with van der Waals surface area (Å²) < 4.78 is 6.49. The van der Waals surface area contributed by atoms with E-state index >= 15 is 0 Å². The van der Waals surface area contributed by atoms with Crippen LogP contribution in [0.4, 0.5) is 11.4 Å². The van der Waals surface area contributed by atoms with Crippen molar-refractivity contribution in [1.29, 1.82) is 0 Å². The SMILES string of the molecule is [C-]#[N+]c1c(C)c(C=C=Cc2ccc(N(CC)CC)cc2C)c(=O)n(-c2cc(C(=O)OCCCCCCCCCCCC)ccc2Cl)c1O. The lowest BCUT2D eigenvalue weighted by molar-refractivity contribution is 0.0497. The summed E-state index contributed by atoms with van der Waals surface area (Å²) in [6.07, 6.45) is 15.1. The van der Waals surface area contributed by atoms with Crippen molar-refractivity contribution in [3.05, 3.63) is 96.7 Å². The number of unbranched alkanes of at least 4 members (excludes halogenated alkanes) is 9. The number of anilines is 1. The van der Waals surface area contributed by atoms with E-state index in [0.29, 0.717) is 12.2 Å². The molecule has 0 radical (unpaired) electrons. The molecule has 256 valence electrons. The van der Waals surface area contributed by atoms with E-state index in [-0.39, 0.29) is 27.5 Å². The van der Waals surface area contributed by atoms with Gasteiger partial charge >= 0.3 is 5.97 Å². The first-order valence-electron chi connectivity index (χ1n) is 17.3. The summed E-state index contributed by atoms with van der Waals surface area (Å²) in [5.74, 6) is -1.09. The summed E-state index contributed by atoms with van der Waals surface area (Å²) in [6.45, 7) is 19.9. The normalized spacial score (nSPS) is 10.7. The molecule has 0 bridgehead atoms. The first kappa shape index (κ1) is 38.2. The number of pyridine rings is 1. The van der Waals surface area contributed by atoms with Crippen LogP contribution in [0.25, 0.3) is 22.7 Å². The predicted molar refractivity (Wildman–Crippen MR) is 199 cm³/mol. The molecule has 0 atom stereocenters. The Morgan fingerprint density at radius 2 is 1.60 bits per heavy atom. The highest BCUT2D eigenvalue weighted by molar-refractivity contribution is 6.32. The van der Waals surface area contributed by atoms with Crippen LogP contribution in [0.1, 0.15) is 118 Å². The van der Waals surface area contributed by atoms with Crippen molar-refractivity contribution in [2.75, 3.05) is 24.6 Å². The van der Waals surface area contributed by atoms with E-state index in [0.717, 1.165) is 53.7 Å². The average Bonchev–Trinajstić information content (AvgIpc) is 3.07. The van der Waals surface area contributed by atoms with E-state index < -0.39 is 17.4 Å². The zero-order valence-electron chi connectivity index (χ0n) is 29.2. The minimum Gasteiger partial charge on any atom is -0.502 e. The van der Waals surface area contributed by atoms with Crippen molar-refractivity contribution in [1.82, 2.24) is 4.57 Å². The topological polar surface area (TPSA) is 76.1 Å². The van der Waals surface area contributed by atoms with Crippen molar-refractivity contribution in [3.63, 3.8) is 0 Å². The molecule has 0 fully saturated rings. The van der Waals surface area contributed by atoms with Crippen LogP contribution < -0.4 is 10.5 Å². The number of benzene rings is 2. The van der Waals surface area contributed by atoms with Crippen LogP contribution in [-0.4, -0.2) is 35.3 Å². The lowest BCUT2D eigenvalue weighted by Crippen LogP contribution is -2.22. The number of esters is 1. The fourth-order valence-corrected chi connectivity index (χ4v) is 5.98. The maximum atomic E-state index is 13.8. The van der Waals surface area contributed by atoms with Gasteiger partial charge in [-0.1, -0.05) is 82.4 Å². The fourth-order valence-electron chi connectivity index (χ4n) is 5.78. The molecule has 0 aliphatic rings. The smallest absolute Gasteiger partial charge is 0.338 e. The maximum Gasteiger partial charge on any atom is 0.338 e. The van der Waals surface area contributed by atoms with E-state index in [1.165, 1.54) is 69.2 Å². The van der Waals surface area contributed by atoms with Gasteiger partial charge in [-0.25, -0.2) is 9.64 Å². The first-order chi connectivity index (χ1) is 23.2. The monoisotopic (exact) mass is 671 g/mol. The number of hydrogen-bond donors (Lipinski definition) is 1. The highest BCUT2D eigenvalue weighted by Crippen LogP contribution is 2.35. The highest BCUT2D eigenvalue weighted by Gasteiger charge is 2.22. The summed E-state index contributed by atoms with van der Waals surface area (Å²) in [7, 11) is 0.